The number of hydrogen-bond donors (Lipinski definition) is 2. The molecule has 1 aromatic carbocycles. The number of carbonyl (C=O) groups excluding carboxylic acids is 1. The van der Waals surface area contributed by atoms with Gasteiger partial charge < -0.3 is 14.8 Å². The van der Waals surface area contributed by atoms with E-state index in [0.29, 0.717) is 34.3 Å². The Balaban J connectivity index is 1.89. The maximum absolute atomic E-state index is 12.7. The highest BCUT2D eigenvalue weighted by molar-refractivity contribution is 6.05. The molecule has 9 heteroatoms. The van der Waals surface area contributed by atoms with Gasteiger partial charge in [0.2, 0.25) is 0 Å². The molecule has 2 aromatic heterocycles. The van der Waals surface area contributed by atoms with Crippen LogP contribution in [0.15, 0.2) is 35.3 Å². The summed E-state index contributed by atoms with van der Waals surface area (Å²) in [4.78, 5) is 23.9. The van der Waals surface area contributed by atoms with Crippen molar-refractivity contribution in [1.82, 2.24) is 20.0 Å². The number of H-pyrrole nitrogens is 1. The van der Waals surface area contributed by atoms with Crippen molar-refractivity contribution in [3.05, 3.63) is 57.6 Å². The normalized spacial score (nSPS) is 10.5. The van der Waals surface area contributed by atoms with Crippen LogP contribution in [0, 0.1) is 13.8 Å². The van der Waals surface area contributed by atoms with Crippen LogP contribution in [0.1, 0.15) is 21.6 Å². The molecule has 0 aliphatic rings. The summed E-state index contributed by atoms with van der Waals surface area (Å²) in [6, 6.07) is 6.36. The average molecular weight is 369 g/mol. The van der Waals surface area contributed by atoms with Gasteiger partial charge in [0.25, 0.3) is 11.5 Å². The number of aromatic amines is 1. The van der Waals surface area contributed by atoms with E-state index in [-0.39, 0.29) is 11.5 Å². The van der Waals surface area contributed by atoms with E-state index in [1.54, 1.807) is 26.2 Å². The zero-order valence-corrected chi connectivity index (χ0v) is 15.4. The van der Waals surface area contributed by atoms with Crippen LogP contribution < -0.4 is 20.3 Å². The summed E-state index contributed by atoms with van der Waals surface area (Å²) < 4.78 is 12.0. The number of aromatic nitrogens is 4. The summed E-state index contributed by atoms with van der Waals surface area (Å²) in [6.07, 6.45) is 1.45. The van der Waals surface area contributed by atoms with Crippen LogP contribution in [-0.2, 0) is 0 Å². The first-order valence-electron chi connectivity index (χ1n) is 8.09. The van der Waals surface area contributed by atoms with Crippen LogP contribution >= 0.6 is 0 Å². The maximum Gasteiger partial charge on any atom is 0.264 e. The Morgan fingerprint density at radius 3 is 2.48 bits per heavy atom. The van der Waals surface area contributed by atoms with Gasteiger partial charge in [0.15, 0.2) is 17.3 Å². The molecule has 0 atom stereocenters. The topological polar surface area (TPSA) is 111 Å². The zero-order valence-electron chi connectivity index (χ0n) is 15.4. The lowest BCUT2D eigenvalue weighted by Crippen LogP contribution is -2.15. The number of rotatable bonds is 5. The van der Waals surface area contributed by atoms with E-state index in [4.69, 9.17) is 9.47 Å². The Morgan fingerprint density at radius 1 is 1.15 bits per heavy atom. The molecule has 0 bridgehead atoms. The number of amides is 1. The molecule has 27 heavy (non-hydrogen) atoms. The molecular weight excluding hydrogens is 350 g/mol. The number of benzene rings is 1. The first-order chi connectivity index (χ1) is 12.9. The minimum Gasteiger partial charge on any atom is -0.493 e. The summed E-state index contributed by atoms with van der Waals surface area (Å²) in [6.45, 7) is 3.61. The smallest absolute Gasteiger partial charge is 0.264 e. The molecule has 0 aliphatic heterocycles. The molecule has 0 fully saturated rings. The molecule has 1 amide bonds. The second-order valence-corrected chi connectivity index (χ2v) is 5.81. The van der Waals surface area contributed by atoms with Crippen LogP contribution in [0.25, 0.3) is 5.82 Å². The van der Waals surface area contributed by atoms with E-state index in [2.05, 4.69) is 20.6 Å². The van der Waals surface area contributed by atoms with Gasteiger partial charge in [0.1, 0.15) is 0 Å². The third-order valence-electron chi connectivity index (χ3n) is 4.11. The Labute approximate surface area is 154 Å². The molecule has 0 unspecified atom stereocenters. The average Bonchev–Trinajstić information content (AvgIpc) is 3.05. The van der Waals surface area contributed by atoms with Crippen molar-refractivity contribution in [1.29, 1.82) is 0 Å². The third kappa shape index (κ3) is 3.52. The van der Waals surface area contributed by atoms with Crippen molar-refractivity contribution in [3.8, 4) is 17.3 Å². The molecule has 140 valence electrons. The Bertz CT molecular complexity index is 1030. The standard InChI is InChI=1S/C18H19N5O4/c1-10-7-14(26-3)15(27-4)8-13(10)20-18(25)12-9-19-23(11(12)2)16-5-6-17(24)22-21-16/h5-9H,1-4H3,(H,20,25)(H,22,24). The van der Waals surface area contributed by atoms with Crippen molar-refractivity contribution >= 4 is 11.6 Å². The molecule has 0 spiro atoms. The Hall–Kier alpha value is -3.62. The fourth-order valence-electron chi connectivity index (χ4n) is 2.62. The molecule has 0 saturated heterocycles. The van der Waals surface area contributed by atoms with Gasteiger partial charge in [-0.3, -0.25) is 9.59 Å². The number of hydrogen-bond acceptors (Lipinski definition) is 6. The molecule has 0 aliphatic carbocycles. The van der Waals surface area contributed by atoms with E-state index in [1.807, 2.05) is 6.92 Å². The van der Waals surface area contributed by atoms with Crippen LogP contribution in [0.4, 0.5) is 5.69 Å². The molecule has 2 heterocycles. The molecule has 3 rings (SSSR count). The van der Waals surface area contributed by atoms with Crippen molar-refractivity contribution < 1.29 is 14.3 Å². The number of anilines is 1. The third-order valence-corrected chi connectivity index (χ3v) is 4.11. The SMILES string of the molecule is COc1cc(C)c(NC(=O)c2cnn(-c3ccc(=O)[nH]n3)c2C)cc1OC. The lowest BCUT2D eigenvalue weighted by molar-refractivity contribution is 0.102. The largest absolute Gasteiger partial charge is 0.493 e. The zero-order chi connectivity index (χ0) is 19.6. The van der Waals surface area contributed by atoms with Crippen LogP contribution in [0.3, 0.4) is 0 Å². The number of nitrogens with zero attached hydrogens (tertiary/aromatic N) is 3. The first-order valence-corrected chi connectivity index (χ1v) is 8.09. The molecular formula is C18H19N5O4. The lowest BCUT2D eigenvalue weighted by atomic mass is 10.1. The highest BCUT2D eigenvalue weighted by atomic mass is 16.5. The van der Waals surface area contributed by atoms with E-state index < -0.39 is 0 Å². The van der Waals surface area contributed by atoms with Crippen molar-refractivity contribution in [2.24, 2.45) is 0 Å². The van der Waals surface area contributed by atoms with Gasteiger partial charge in [-0.2, -0.15) is 10.2 Å². The van der Waals surface area contributed by atoms with Gasteiger partial charge in [-0.05, 0) is 31.5 Å². The highest BCUT2D eigenvalue weighted by Crippen LogP contribution is 2.33. The van der Waals surface area contributed by atoms with Gasteiger partial charge >= 0.3 is 0 Å². The predicted octanol–water partition coefficient (Wildman–Crippen LogP) is 1.84. The molecule has 9 nitrogen and oxygen atoms in total. The second-order valence-electron chi connectivity index (χ2n) is 5.81. The molecule has 0 saturated carbocycles. The van der Waals surface area contributed by atoms with Crippen LogP contribution in [0.2, 0.25) is 0 Å². The van der Waals surface area contributed by atoms with Gasteiger partial charge in [0, 0.05) is 17.8 Å². The highest BCUT2D eigenvalue weighted by Gasteiger charge is 2.18. The second kappa shape index (κ2) is 7.32. The minimum absolute atomic E-state index is 0.314. The fourth-order valence-corrected chi connectivity index (χ4v) is 2.62. The van der Waals surface area contributed by atoms with Crippen molar-refractivity contribution in [2.45, 2.75) is 13.8 Å². The van der Waals surface area contributed by atoms with Crippen LogP contribution in [-0.4, -0.2) is 40.1 Å². The van der Waals surface area contributed by atoms with Gasteiger partial charge in [-0.1, -0.05) is 0 Å². The van der Waals surface area contributed by atoms with Crippen LogP contribution in [0.5, 0.6) is 11.5 Å². The Kier molecular flexibility index (Phi) is 4.93. The summed E-state index contributed by atoms with van der Waals surface area (Å²) in [7, 11) is 3.09. The number of ether oxygens (including phenoxy) is 2. The number of aryl methyl sites for hydroxylation is 1. The van der Waals surface area contributed by atoms with Crippen molar-refractivity contribution in [2.75, 3.05) is 19.5 Å². The predicted molar refractivity (Wildman–Crippen MR) is 99.0 cm³/mol. The summed E-state index contributed by atoms with van der Waals surface area (Å²) in [5, 5.41) is 13.3. The number of carbonyl (C=O) groups is 1. The quantitative estimate of drug-likeness (QED) is 0.710. The van der Waals surface area contributed by atoms with Gasteiger partial charge in [-0.25, -0.2) is 9.78 Å². The summed E-state index contributed by atoms with van der Waals surface area (Å²) in [5.41, 5.74) is 2.09. The minimum atomic E-state index is -0.321. The Morgan fingerprint density at radius 2 is 1.85 bits per heavy atom. The monoisotopic (exact) mass is 369 g/mol. The molecule has 3 aromatic rings. The fraction of sp³-hybridized carbons (Fsp3) is 0.222. The molecule has 0 radical (unpaired) electrons. The van der Waals surface area contributed by atoms with E-state index in [1.165, 1.54) is 30.1 Å². The molecule has 2 N–H and O–H groups in total. The first kappa shape index (κ1) is 18.2. The van der Waals surface area contributed by atoms with Crippen molar-refractivity contribution in [3.63, 3.8) is 0 Å². The number of nitrogens with one attached hydrogen (secondary N) is 2. The summed E-state index contributed by atoms with van der Waals surface area (Å²) in [5.74, 6) is 1.19. The van der Waals surface area contributed by atoms with E-state index >= 15 is 0 Å². The lowest BCUT2D eigenvalue weighted by Gasteiger charge is -2.13. The van der Waals surface area contributed by atoms with Gasteiger partial charge in [0.05, 0.1) is 31.7 Å². The number of methoxy groups -OCH3 is 2. The van der Waals surface area contributed by atoms with E-state index in [0.717, 1.165) is 5.56 Å². The maximum atomic E-state index is 12.7. The van der Waals surface area contributed by atoms with Gasteiger partial charge in [-0.15, -0.1) is 0 Å². The summed E-state index contributed by atoms with van der Waals surface area (Å²) >= 11 is 0. The van der Waals surface area contributed by atoms with E-state index in [9.17, 15) is 9.59 Å².